The fraction of sp³-hybridized carbons (Fsp3) is 0.500. The van der Waals surface area contributed by atoms with Crippen LogP contribution in [0.2, 0.25) is 0 Å². The molecule has 0 saturated carbocycles. The van der Waals surface area contributed by atoms with Crippen molar-refractivity contribution in [2.24, 2.45) is 0 Å². The monoisotopic (exact) mass is 190 g/mol. The maximum absolute atomic E-state index is 3.55. The summed E-state index contributed by atoms with van der Waals surface area (Å²) in [6, 6.07) is 9.31. The Kier molecular flexibility index (Phi) is 3.17. The highest BCUT2D eigenvalue weighted by Gasteiger charge is 2.16. The lowest BCUT2D eigenvalue weighted by Gasteiger charge is -2.26. The van der Waals surface area contributed by atoms with Gasteiger partial charge in [-0.1, -0.05) is 31.2 Å². The lowest BCUT2D eigenvalue weighted by molar-refractivity contribution is 0.453. The van der Waals surface area contributed by atoms with Crippen molar-refractivity contribution in [3.63, 3.8) is 0 Å². The summed E-state index contributed by atoms with van der Waals surface area (Å²) in [6.45, 7) is 5.30. The topological polar surface area (TPSA) is 24.1 Å². The predicted molar refractivity (Wildman–Crippen MR) is 59.3 cm³/mol. The van der Waals surface area contributed by atoms with Gasteiger partial charge in [-0.3, -0.25) is 0 Å². The highest BCUT2D eigenvalue weighted by Crippen LogP contribution is 2.15. The summed E-state index contributed by atoms with van der Waals surface area (Å²) < 4.78 is 0. The molecule has 1 aliphatic heterocycles. The Morgan fingerprint density at radius 2 is 2.14 bits per heavy atom. The van der Waals surface area contributed by atoms with Gasteiger partial charge in [0.05, 0.1) is 0 Å². The van der Waals surface area contributed by atoms with E-state index < -0.39 is 0 Å². The molecule has 1 heterocycles. The minimum absolute atomic E-state index is 0.602. The molecule has 0 spiro atoms. The largest absolute Gasteiger partial charge is 0.315 e. The molecule has 1 aromatic rings. The van der Waals surface area contributed by atoms with E-state index in [0.717, 1.165) is 26.1 Å². The van der Waals surface area contributed by atoms with E-state index in [2.05, 4.69) is 41.8 Å². The van der Waals surface area contributed by atoms with Crippen molar-refractivity contribution < 1.29 is 0 Å². The summed E-state index contributed by atoms with van der Waals surface area (Å²) in [6.07, 6.45) is 1.16. The molecule has 0 bridgehead atoms. The minimum Gasteiger partial charge on any atom is -0.315 e. The summed E-state index contributed by atoms with van der Waals surface area (Å²) in [7, 11) is 0. The van der Waals surface area contributed by atoms with E-state index in [1.54, 1.807) is 0 Å². The molecule has 2 N–H and O–H groups in total. The highest BCUT2D eigenvalue weighted by molar-refractivity contribution is 5.29. The number of benzene rings is 1. The van der Waals surface area contributed by atoms with Crippen LogP contribution in [0.3, 0.4) is 0 Å². The molecule has 14 heavy (non-hydrogen) atoms. The second kappa shape index (κ2) is 4.58. The van der Waals surface area contributed by atoms with Crippen LogP contribution in [0.4, 0.5) is 0 Å². The number of likely N-dealkylation sites (N-methyl/N-ethyl adjacent to an activating group) is 1. The lowest BCUT2D eigenvalue weighted by Crippen LogP contribution is -2.42. The summed E-state index contributed by atoms with van der Waals surface area (Å²) in [4.78, 5) is 0. The maximum Gasteiger partial charge on any atom is 0.0236 e. The Labute approximate surface area is 85.7 Å². The van der Waals surface area contributed by atoms with Crippen molar-refractivity contribution in [1.29, 1.82) is 0 Å². The van der Waals surface area contributed by atoms with E-state index >= 15 is 0 Å². The SMILES string of the molecule is CCNC[C@H]1Cc2ccccc2CN1. The van der Waals surface area contributed by atoms with Gasteiger partial charge < -0.3 is 10.6 Å². The molecular weight excluding hydrogens is 172 g/mol. The van der Waals surface area contributed by atoms with Crippen molar-refractivity contribution in [3.05, 3.63) is 35.4 Å². The average Bonchev–Trinajstić information content (AvgIpc) is 2.26. The molecule has 0 unspecified atom stereocenters. The quantitative estimate of drug-likeness (QED) is 0.751. The van der Waals surface area contributed by atoms with E-state index in [0.29, 0.717) is 6.04 Å². The van der Waals surface area contributed by atoms with Gasteiger partial charge in [0.25, 0.3) is 0 Å². The summed E-state index contributed by atoms with van der Waals surface area (Å²) in [5.41, 5.74) is 2.97. The van der Waals surface area contributed by atoms with Gasteiger partial charge in [-0.05, 0) is 24.1 Å². The van der Waals surface area contributed by atoms with Crippen LogP contribution in [0.1, 0.15) is 18.1 Å². The zero-order valence-corrected chi connectivity index (χ0v) is 8.72. The van der Waals surface area contributed by atoms with Gasteiger partial charge in [0, 0.05) is 19.1 Å². The lowest BCUT2D eigenvalue weighted by atomic mass is 9.96. The molecule has 0 amide bonds. The second-order valence-corrected chi connectivity index (χ2v) is 3.86. The van der Waals surface area contributed by atoms with Gasteiger partial charge in [-0.2, -0.15) is 0 Å². The van der Waals surface area contributed by atoms with E-state index in [9.17, 15) is 0 Å². The molecule has 0 aliphatic carbocycles. The normalized spacial score (nSPS) is 20.5. The van der Waals surface area contributed by atoms with Crippen LogP contribution in [0, 0.1) is 0 Å². The Balaban J connectivity index is 1.99. The van der Waals surface area contributed by atoms with Crippen LogP contribution in [-0.2, 0) is 13.0 Å². The molecule has 76 valence electrons. The van der Waals surface area contributed by atoms with Gasteiger partial charge in [0.1, 0.15) is 0 Å². The van der Waals surface area contributed by atoms with E-state index in [1.165, 1.54) is 11.1 Å². The number of hydrogen-bond donors (Lipinski definition) is 2. The Hall–Kier alpha value is -0.860. The smallest absolute Gasteiger partial charge is 0.0236 e. The molecule has 1 aromatic carbocycles. The maximum atomic E-state index is 3.55. The Morgan fingerprint density at radius 3 is 2.93 bits per heavy atom. The average molecular weight is 190 g/mol. The van der Waals surface area contributed by atoms with Gasteiger partial charge in [0.15, 0.2) is 0 Å². The molecule has 0 saturated heterocycles. The number of fused-ring (bicyclic) bond motifs is 1. The predicted octanol–water partition coefficient (Wildman–Crippen LogP) is 1.31. The second-order valence-electron chi connectivity index (χ2n) is 3.86. The molecule has 1 atom stereocenters. The van der Waals surface area contributed by atoms with Crippen LogP contribution < -0.4 is 10.6 Å². The van der Waals surface area contributed by atoms with Crippen molar-refractivity contribution in [3.8, 4) is 0 Å². The van der Waals surface area contributed by atoms with Crippen LogP contribution in [0.5, 0.6) is 0 Å². The fourth-order valence-electron chi connectivity index (χ4n) is 1.98. The van der Waals surface area contributed by atoms with E-state index in [1.807, 2.05) is 0 Å². The Morgan fingerprint density at radius 1 is 1.36 bits per heavy atom. The molecule has 2 heteroatoms. The fourth-order valence-corrected chi connectivity index (χ4v) is 1.98. The third kappa shape index (κ3) is 2.14. The standard InChI is InChI=1S/C12H18N2/c1-2-13-9-12-7-10-5-3-4-6-11(10)8-14-12/h3-6,12-14H,2,7-9H2,1H3/t12-/m1/s1. The number of nitrogens with one attached hydrogen (secondary N) is 2. The van der Waals surface area contributed by atoms with Crippen molar-refractivity contribution >= 4 is 0 Å². The first-order chi connectivity index (χ1) is 6.90. The van der Waals surface area contributed by atoms with Gasteiger partial charge >= 0.3 is 0 Å². The number of rotatable bonds is 3. The van der Waals surface area contributed by atoms with Crippen LogP contribution in [-0.4, -0.2) is 19.1 Å². The zero-order valence-electron chi connectivity index (χ0n) is 8.72. The highest BCUT2D eigenvalue weighted by atomic mass is 15.0. The molecule has 1 aliphatic rings. The first kappa shape index (κ1) is 9.69. The van der Waals surface area contributed by atoms with Gasteiger partial charge in [-0.25, -0.2) is 0 Å². The van der Waals surface area contributed by atoms with Crippen molar-refractivity contribution in [2.45, 2.75) is 25.9 Å². The molecule has 0 fully saturated rings. The third-order valence-electron chi connectivity index (χ3n) is 2.81. The summed E-state index contributed by atoms with van der Waals surface area (Å²) in [5.74, 6) is 0. The number of hydrogen-bond acceptors (Lipinski definition) is 2. The minimum atomic E-state index is 0.602. The summed E-state index contributed by atoms with van der Waals surface area (Å²) in [5, 5.41) is 6.93. The molecule has 2 rings (SSSR count). The molecular formula is C12H18N2. The van der Waals surface area contributed by atoms with Crippen LogP contribution >= 0.6 is 0 Å². The van der Waals surface area contributed by atoms with Crippen LogP contribution in [0.25, 0.3) is 0 Å². The summed E-state index contributed by atoms with van der Waals surface area (Å²) >= 11 is 0. The van der Waals surface area contributed by atoms with Crippen molar-refractivity contribution in [1.82, 2.24) is 10.6 Å². The third-order valence-corrected chi connectivity index (χ3v) is 2.81. The van der Waals surface area contributed by atoms with E-state index in [-0.39, 0.29) is 0 Å². The van der Waals surface area contributed by atoms with Gasteiger partial charge in [-0.15, -0.1) is 0 Å². The Bertz CT molecular complexity index is 296. The van der Waals surface area contributed by atoms with E-state index in [4.69, 9.17) is 0 Å². The van der Waals surface area contributed by atoms with Crippen LogP contribution in [0.15, 0.2) is 24.3 Å². The molecule has 2 nitrogen and oxygen atoms in total. The van der Waals surface area contributed by atoms with Crippen molar-refractivity contribution in [2.75, 3.05) is 13.1 Å². The first-order valence-electron chi connectivity index (χ1n) is 5.41. The molecule has 0 radical (unpaired) electrons. The zero-order chi connectivity index (χ0) is 9.80. The first-order valence-corrected chi connectivity index (χ1v) is 5.41. The van der Waals surface area contributed by atoms with Gasteiger partial charge in [0.2, 0.25) is 0 Å². The molecule has 0 aromatic heterocycles.